The van der Waals surface area contributed by atoms with Crippen molar-refractivity contribution in [1.82, 2.24) is 9.97 Å². The summed E-state index contributed by atoms with van der Waals surface area (Å²) in [5.41, 5.74) is 8.55. The summed E-state index contributed by atoms with van der Waals surface area (Å²) in [6.07, 6.45) is 1.92. The van der Waals surface area contributed by atoms with Crippen LogP contribution >= 0.6 is 12.1 Å². The molecule has 92 valence electrons. The monoisotopic (exact) mass is 251 g/mol. The average Bonchev–Trinajstić information content (AvgIpc) is 2.33. The van der Waals surface area contributed by atoms with Crippen LogP contribution in [0.15, 0.2) is 4.40 Å². The molecule has 1 aliphatic heterocycles. The molecule has 0 spiro atoms. The predicted octanol–water partition coefficient (Wildman–Crippen LogP) is 1.85. The van der Waals surface area contributed by atoms with Gasteiger partial charge in [-0.05, 0) is 19.8 Å². The van der Waals surface area contributed by atoms with Gasteiger partial charge < -0.3 is 5.73 Å². The third-order valence-electron chi connectivity index (χ3n) is 2.63. The van der Waals surface area contributed by atoms with E-state index >= 15 is 0 Å². The van der Waals surface area contributed by atoms with Gasteiger partial charge in [-0.2, -0.15) is 4.40 Å². The second kappa shape index (κ2) is 4.91. The number of amidine groups is 1. The van der Waals surface area contributed by atoms with Gasteiger partial charge in [0.25, 0.3) is 0 Å². The predicted molar refractivity (Wildman–Crippen MR) is 72.1 cm³/mol. The Balaban J connectivity index is 2.50. The minimum absolute atomic E-state index is 0.468. The lowest BCUT2D eigenvalue weighted by Gasteiger charge is -2.25. The average molecular weight is 251 g/mol. The molecule has 1 aliphatic rings. The Labute approximate surface area is 106 Å². The summed E-state index contributed by atoms with van der Waals surface area (Å²) in [5, 5.41) is 0. The molecule has 0 saturated heterocycles. The molecule has 0 fully saturated rings. The van der Waals surface area contributed by atoms with Crippen LogP contribution < -0.4 is 10.0 Å². The van der Waals surface area contributed by atoms with Gasteiger partial charge in [0.2, 0.25) is 0 Å². The summed E-state index contributed by atoms with van der Waals surface area (Å²) in [5.74, 6) is 1.32. The van der Waals surface area contributed by atoms with E-state index in [0.29, 0.717) is 11.5 Å². The fourth-order valence-electron chi connectivity index (χ4n) is 1.75. The maximum Gasteiger partial charge on any atom is 0.170 e. The molecule has 6 heteroatoms. The highest BCUT2D eigenvalue weighted by molar-refractivity contribution is 7.99. The number of nitrogens with zero attached hydrogens (tertiary/aromatic N) is 4. The summed E-state index contributed by atoms with van der Waals surface area (Å²) in [6.45, 7) is 7.08. The molecule has 0 atom stereocenters. The van der Waals surface area contributed by atoms with Crippen molar-refractivity contribution in [3.63, 3.8) is 0 Å². The molecule has 2 N–H and O–H groups in total. The number of aryl methyl sites for hydroxylation is 2. The lowest BCUT2D eigenvalue weighted by molar-refractivity contribution is 0.880. The Kier molecular flexibility index (Phi) is 3.51. The van der Waals surface area contributed by atoms with E-state index in [2.05, 4.69) is 32.5 Å². The second-order valence-corrected chi connectivity index (χ2v) is 4.73. The summed E-state index contributed by atoms with van der Waals surface area (Å²) in [7, 11) is 0. The normalized spacial score (nSPS) is 14.5. The van der Waals surface area contributed by atoms with Crippen LogP contribution in [0.4, 0.5) is 5.82 Å². The standard InChI is InChI=1S/C11H17N5S/c1-4-6-16-11-9(10(12)15-17-16)13-7(3)8(5-2)14-11/h4-6H2,1-3H3,(H2,12,15). The molecule has 0 aliphatic carbocycles. The van der Waals surface area contributed by atoms with Gasteiger partial charge in [-0.1, -0.05) is 13.8 Å². The number of hydrogen-bond acceptors (Lipinski definition) is 6. The van der Waals surface area contributed by atoms with Gasteiger partial charge in [-0.15, -0.1) is 0 Å². The van der Waals surface area contributed by atoms with Crippen molar-refractivity contribution in [2.75, 3.05) is 10.8 Å². The fraction of sp³-hybridized carbons (Fsp3) is 0.545. The molecule has 0 saturated carbocycles. The number of anilines is 1. The molecule has 0 aromatic carbocycles. The SMILES string of the molecule is CCCN1SN=C(N)c2nc(C)c(CC)nc21. The van der Waals surface area contributed by atoms with Crippen molar-refractivity contribution >= 4 is 23.8 Å². The van der Waals surface area contributed by atoms with Gasteiger partial charge in [-0.25, -0.2) is 9.97 Å². The molecule has 2 heterocycles. The van der Waals surface area contributed by atoms with Gasteiger partial charge in [-0.3, -0.25) is 4.31 Å². The number of rotatable bonds is 3. The Bertz CT molecular complexity index is 457. The quantitative estimate of drug-likeness (QED) is 0.830. The first-order valence-electron chi connectivity index (χ1n) is 5.83. The third-order valence-corrected chi connectivity index (χ3v) is 3.46. The van der Waals surface area contributed by atoms with Crippen LogP contribution in [0.25, 0.3) is 0 Å². The molecule has 1 aromatic heterocycles. The number of nitrogens with two attached hydrogens (primary N) is 1. The van der Waals surface area contributed by atoms with Crippen LogP contribution in [0.5, 0.6) is 0 Å². The topological polar surface area (TPSA) is 67.4 Å². The Hall–Kier alpha value is -1.30. The first-order valence-corrected chi connectivity index (χ1v) is 6.56. The molecule has 0 amide bonds. The van der Waals surface area contributed by atoms with Gasteiger partial charge >= 0.3 is 0 Å². The molecule has 5 nitrogen and oxygen atoms in total. The highest BCUT2D eigenvalue weighted by Crippen LogP contribution is 2.30. The van der Waals surface area contributed by atoms with Crippen LogP contribution in [-0.2, 0) is 6.42 Å². The minimum atomic E-state index is 0.468. The molecule has 0 unspecified atom stereocenters. The minimum Gasteiger partial charge on any atom is -0.381 e. The molecular formula is C11H17N5S. The van der Waals surface area contributed by atoms with Gasteiger partial charge in [0.1, 0.15) is 5.69 Å². The third kappa shape index (κ3) is 2.22. The van der Waals surface area contributed by atoms with Crippen LogP contribution in [0.3, 0.4) is 0 Å². The lowest BCUT2D eigenvalue weighted by atomic mass is 10.2. The van der Waals surface area contributed by atoms with E-state index in [1.807, 2.05) is 6.92 Å². The smallest absolute Gasteiger partial charge is 0.170 e. The zero-order valence-corrected chi connectivity index (χ0v) is 11.2. The van der Waals surface area contributed by atoms with E-state index in [9.17, 15) is 0 Å². The molecule has 2 rings (SSSR count). The summed E-state index contributed by atoms with van der Waals surface area (Å²) < 4.78 is 6.26. The highest BCUT2D eigenvalue weighted by Gasteiger charge is 2.23. The second-order valence-electron chi connectivity index (χ2n) is 3.94. The molecule has 1 aromatic rings. The summed E-state index contributed by atoms with van der Waals surface area (Å²) >= 11 is 1.36. The Morgan fingerprint density at radius 1 is 1.29 bits per heavy atom. The van der Waals surface area contributed by atoms with Crippen LogP contribution in [-0.4, -0.2) is 22.3 Å². The number of fused-ring (bicyclic) bond motifs is 1. The van der Waals surface area contributed by atoms with Crippen LogP contribution in [0.2, 0.25) is 0 Å². The lowest BCUT2D eigenvalue weighted by Crippen LogP contribution is -2.29. The Morgan fingerprint density at radius 2 is 2.06 bits per heavy atom. The van der Waals surface area contributed by atoms with E-state index in [4.69, 9.17) is 5.73 Å². The Morgan fingerprint density at radius 3 is 2.71 bits per heavy atom. The number of hydrogen-bond donors (Lipinski definition) is 1. The molecule has 0 bridgehead atoms. The first kappa shape index (κ1) is 12.2. The van der Waals surface area contributed by atoms with Crippen molar-refractivity contribution in [1.29, 1.82) is 0 Å². The maximum atomic E-state index is 5.87. The highest BCUT2D eigenvalue weighted by atomic mass is 32.2. The van der Waals surface area contributed by atoms with Gasteiger partial charge in [0.15, 0.2) is 11.7 Å². The van der Waals surface area contributed by atoms with E-state index in [-0.39, 0.29) is 0 Å². The van der Waals surface area contributed by atoms with Crippen molar-refractivity contribution < 1.29 is 0 Å². The van der Waals surface area contributed by atoms with Crippen LogP contribution in [0.1, 0.15) is 37.4 Å². The van der Waals surface area contributed by atoms with Crippen molar-refractivity contribution in [3.8, 4) is 0 Å². The molecule has 0 radical (unpaired) electrons. The summed E-state index contributed by atoms with van der Waals surface area (Å²) in [6, 6.07) is 0. The summed E-state index contributed by atoms with van der Waals surface area (Å²) in [4.78, 5) is 9.19. The zero-order valence-electron chi connectivity index (χ0n) is 10.4. The molecule has 17 heavy (non-hydrogen) atoms. The first-order chi connectivity index (χ1) is 8.17. The number of aromatic nitrogens is 2. The zero-order chi connectivity index (χ0) is 12.4. The van der Waals surface area contributed by atoms with Crippen LogP contribution in [0, 0.1) is 6.92 Å². The van der Waals surface area contributed by atoms with E-state index in [0.717, 1.165) is 36.6 Å². The van der Waals surface area contributed by atoms with Crippen molar-refractivity contribution in [3.05, 3.63) is 17.1 Å². The van der Waals surface area contributed by atoms with E-state index < -0.39 is 0 Å². The van der Waals surface area contributed by atoms with E-state index in [1.54, 1.807) is 0 Å². The fourth-order valence-corrected chi connectivity index (χ4v) is 2.49. The largest absolute Gasteiger partial charge is 0.381 e. The molecular weight excluding hydrogens is 234 g/mol. The van der Waals surface area contributed by atoms with Gasteiger partial charge in [0, 0.05) is 6.54 Å². The van der Waals surface area contributed by atoms with Gasteiger partial charge in [0.05, 0.1) is 23.5 Å². The maximum absolute atomic E-state index is 5.87. The van der Waals surface area contributed by atoms with E-state index in [1.165, 1.54) is 12.1 Å². The van der Waals surface area contributed by atoms with Crippen molar-refractivity contribution in [2.45, 2.75) is 33.6 Å². The van der Waals surface area contributed by atoms with Crippen molar-refractivity contribution in [2.24, 2.45) is 10.1 Å².